The molecule has 0 unspecified atom stereocenters. The molecule has 24 heavy (non-hydrogen) atoms. The molecule has 0 radical (unpaired) electrons. The lowest BCUT2D eigenvalue weighted by atomic mass is 9.80. The van der Waals surface area contributed by atoms with Crippen molar-refractivity contribution in [2.24, 2.45) is 0 Å². The number of amides is 4. The predicted molar refractivity (Wildman–Crippen MR) is 78.9 cm³/mol. The van der Waals surface area contributed by atoms with Crippen molar-refractivity contribution in [1.82, 2.24) is 9.80 Å². The van der Waals surface area contributed by atoms with Crippen molar-refractivity contribution >= 4 is 29.6 Å². The van der Waals surface area contributed by atoms with Crippen LogP contribution in [0.5, 0.6) is 0 Å². The third-order valence-electron chi connectivity index (χ3n) is 4.77. The van der Waals surface area contributed by atoms with E-state index < -0.39 is 30.1 Å². The molecule has 3 aliphatic rings. The van der Waals surface area contributed by atoms with Crippen LogP contribution in [0.4, 0.5) is 0 Å². The molecule has 1 saturated heterocycles. The van der Waals surface area contributed by atoms with Crippen LogP contribution in [0.1, 0.15) is 44.9 Å². The van der Waals surface area contributed by atoms with E-state index in [1.165, 1.54) is 0 Å². The highest BCUT2D eigenvalue weighted by atomic mass is 16.5. The Labute approximate surface area is 138 Å². The highest BCUT2D eigenvalue weighted by Gasteiger charge is 2.53. The summed E-state index contributed by atoms with van der Waals surface area (Å²) in [6.07, 6.45) is 5.41. The van der Waals surface area contributed by atoms with Crippen molar-refractivity contribution in [1.29, 1.82) is 0 Å². The Hall–Kier alpha value is -2.51. The number of carbonyl (C=O) groups is 5. The summed E-state index contributed by atoms with van der Waals surface area (Å²) < 4.78 is 5.18. The summed E-state index contributed by atoms with van der Waals surface area (Å²) in [5.41, 5.74) is -1.30. The lowest BCUT2D eigenvalue weighted by molar-refractivity contribution is -0.174. The van der Waals surface area contributed by atoms with Crippen LogP contribution in [0.3, 0.4) is 0 Å². The molecule has 1 saturated carbocycles. The number of likely N-dealkylation sites (tertiary alicyclic amines) is 1. The summed E-state index contributed by atoms with van der Waals surface area (Å²) in [6.45, 7) is -0.512. The smallest absolute Gasteiger partial charge is 0.334 e. The SMILES string of the molecule is O=C1C=CC(=O)N1COC(=O)C1(N2C(=O)CCC2=O)CCCCC1. The first-order valence-electron chi connectivity index (χ1n) is 8.02. The number of hydrogen-bond acceptors (Lipinski definition) is 6. The summed E-state index contributed by atoms with van der Waals surface area (Å²) >= 11 is 0. The molecule has 0 aromatic rings. The molecule has 0 N–H and O–H groups in total. The van der Waals surface area contributed by atoms with Gasteiger partial charge in [0.1, 0.15) is 5.54 Å². The summed E-state index contributed by atoms with van der Waals surface area (Å²) in [7, 11) is 0. The predicted octanol–water partition coefficient (Wildman–Crippen LogP) is 0.264. The molecule has 2 fully saturated rings. The Bertz CT molecular complexity index is 613. The minimum Gasteiger partial charge on any atom is -0.442 e. The Balaban J connectivity index is 1.77. The van der Waals surface area contributed by atoms with Gasteiger partial charge in [-0.1, -0.05) is 19.3 Å². The second kappa shape index (κ2) is 6.18. The third-order valence-corrected chi connectivity index (χ3v) is 4.77. The Morgan fingerprint density at radius 3 is 2.04 bits per heavy atom. The molecule has 2 heterocycles. The van der Waals surface area contributed by atoms with Gasteiger partial charge < -0.3 is 4.74 Å². The first-order chi connectivity index (χ1) is 11.5. The first kappa shape index (κ1) is 16.4. The second-order valence-electron chi connectivity index (χ2n) is 6.21. The van der Waals surface area contributed by atoms with E-state index in [9.17, 15) is 24.0 Å². The van der Waals surface area contributed by atoms with Gasteiger partial charge in [0.15, 0.2) is 6.73 Å². The summed E-state index contributed by atoms with van der Waals surface area (Å²) in [6, 6.07) is 0. The molecule has 2 aliphatic heterocycles. The third kappa shape index (κ3) is 2.61. The van der Waals surface area contributed by atoms with Gasteiger partial charge >= 0.3 is 5.97 Å². The quantitative estimate of drug-likeness (QED) is 0.540. The molecule has 0 aromatic heterocycles. The number of ether oxygens (including phenoxy) is 1. The molecular formula is C16H18N2O6. The van der Waals surface area contributed by atoms with Gasteiger partial charge in [0.25, 0.3) is 11.8 Å². The number of nitrogens with zero attached hydrogens (tertiary/aromatic N) is 2. The monoisotopic (exact) mass is 334 g/mol. The summed E-state index contributed by atoms with van der Waals surface area (Å²) in [4.78, 5) is 61.9. The van der Waals surface area contributed by atoms with Gasteiger partial charge in [-0.15, -0.1) is 0 Å². The normalized spacial score (nSPS) is 23.3. The molecule has 1 aliphatic carbocycles. The maximum absolute atomic E-state index is 12.7. The topological polar surface area (TPSA) is 101 Å². The Kier molecular flexibility index (Phi) is 4.21. The molecular weight excluding hydrogens is 316 g/mol. The molecule has 0 atom stereocenters. The van der Waals surface area contributed by atoms with Gasteiger partial charge in [-0.2, -0.15) is 0 Å². The standard InChI is InChI=1S/C16H18N2O6/c19-11-4-5-12(20)17(11)10-24-15(23)16(8-2-1-3-9-16)18-13(21)6-7-14(18)22/h4-5H,1-3,6-10H2. The maximum Gasteiger partial charge on any atom is 0.334 e. The van der Waals surface area contributed by atoms with E-state index >= 15 is 0 Å². The average molecular weight is 334 g/mol. The van der Waals surface area contributed by atoms with Crippen molar-refractivity contribution in [2.45, 2.75) is 50.5 Å². The lowest BCUT2D eigenvalue weighted by Gasteiger charge is -2.41. The van der Waals surface area contributed by atoms with Crippen LogP contribution >= 0.6 is 0 Å². The van der Waals surface area contributed by atoms with Crippen LogP contribution in [0.15, 0.2) is 12.2 Å². The van der Waals surface area contributed by atoms with Crippen LogP contribution in [-0.4, -0.2) is 51.7 Å². The minimum absolute atomic E-state index is 0.0981. The van der Waals surface area contributed by atoms with Crippen molar-refractivity contribution < 1.29 is 28.7 Å². The molecule has 4 amide bonds. The van der Waals surface area contributed by atoms with Crippen molar-refractivity contribution in [3.05, 3.63) is 12.2 Å². The maximum atomic E-state index is 12.7. The minimum atomic E-state index is -1.30. The lowest BCUT2D eigenvalue weighted by Crippen LogP contribution is -2.59. The highest BCUT2D eigenvalue weighted by molar-refractivity contribution is 6.13. The summed E-state index contributed by atoms with van der Waals surface area (Å²) in [5, 5.41) is 0. The number of hydrogen-bond donors (Lipinski definition) is 0. The van der Waals surface area contributed by atoms with Crippen molar-refractivity contribution in [2.75, 3.05) is 6.73 Å². The van der Waals surface area contributed by atoms with Gasteiger partial charge in [0.2, 0.25) is 11.8 Å². The van der Waals surface area contributed by atoms with E-state index in [1.54, 1.807) is 0 Å². The number of rotatable bonds is 4. The molecule has 0 spiro atoms. The largest absolute Gasteiger partial charge is 0.442 e. The molecule has 8 heteroatoms. The van der Waals surface area contributed by atoms with E-state index in [4.69, 9.17) is 4.74 Å². The molecule has 0 aromatic carbocycles. The zero-order valence-electron chi connectivity index (χ0n) is 13.2. The van der Waals surface area contributed by atoms with Crippen molar-refractivity contribution in [3.8, 4) is 0 Å². The zero-order valence-corrected chi connectivity index (χ0v) is 13.2. The van der Waals surface area contributed by atoms with E-state index in [0.717, 1.165) is 28.4 Å². The number of esters is 1. The molecule has 3 rings (SSSR count). The first-order valence-corrected chi connectivity index (χ1v) is 8.02. The van der Waals surface area contributed by atoms with E-state index in [1.807, 2.05) is 0 Å². The summed E-state index contributed by atoms with van der Waals surface area (Å²) in [5.74, 6) is -2.57. The van der Waals surface area contributed by atoms with Crippen LogP contribution < -0.4 is 0 Å². The highest BCUT2D eigenvalue weighted by Crippen LogP contribution is 2.38. The molecule has 0 bridgehead atoms. The molecule has 128 valence electrons. The second-order valence-corrected chi connectivity index (χ2v) is 6.21. The molecule has 8 nitrogen and oxygen atoms in total. The van der Waals surface area contributed by atoms with Gasteiger partial charge in [-0.3, -0.25) is 24.1 Å². The van der Waals surface area contributed by atoms with Crippen LogP contribution in [0, 0.1) is 0 Å². The van der Waals surface area contributed by atoms with E-state index in [2.05, 4.69) is 0 Å². The van der Waals surface area contributed by atoms with Gasteiger partial charge in [0, 0.05) is 25.0 Å². The van der Waals surface area contributed by atoms with Gasteiger partial charge in [0.05, 0.1) is 0 Å². The van der Waals surface area contributed by atoms with Gasteiger partial charge in [-0.05, 0) is 12.8 Å². The average Bonchev–Trinajstić information content (AvgIpc) is 3.08. The Morgan fingerprint density at radius 2 is 1.50 bits per heavy atom. The van der Waals surface area contributed by atoms with Crippen molar-refractivity contribution in [3.63, 3.8) is 0 Å². The van der Waals surface area contributed by atoms with Gasteiger partial charge in [-0.25, -0.2) is 9.69 Å². The fourth-order valence-corrected chi connectivity index (χ4v) is 3.53. The van der Waals surface area contributed by atoms with E-state index in [0.29, 0.717) is 25.7 Å². The van der Waals surface area contributed by atoms with Crippen LogP contribution in [0.2, 0.25) is 0 Å². The fraction of sp³-hybridized carbons (Fsp3) is 0.562. The Morgan fingerprint density at radius 1 is 0.958 bits per heavy atom. The van der Waals surface area contributed by atoms with Crippen LogP contribution in [-0.2, 0) is 28.7 Å². The zero-order chi connectivity index (χ0) is 17.3. The fourth-order valence-electron chi connectivity index (χ4n) is 3.53. The van der Waals surface area contributed by atoms with E-state index in [-0.39, 0.29) is 24.7 Å². The number of imide groups is 2. The number of carbonyl (C=O) groups excluding carboxylic acids is 5. The van der Waals surface area contributed by atoms with Crippen LogP contribution in [0.25, 0.3) is 0 Å².